The van der Waals surface area contributed by atoms with E-state index in [1.165, 1.54) is 0 Å². The standard InChI is InChI=1S/C19H29N7O/c1-17(2,3)12-10-20-14(22-12)8-18(4,5)13-11-21-15(27-13)9-19(6,7)16-23-25-26-24-16/h10-11H,8-9H2,1-7H3,(H,20,22)(H,23,24,25,26). The van der Waals surface area contributed by atoms with E-state index in [0.29, 0.717) is 18.1 Å². The van der Waals surface area contributed by atoms with Crippen molar-refractivity contribution in [3.05, 3.63) is 41.4 Å². The Labute approximate surface area is 159 Å². The molecule has 0 radical (unpaired) electrons. The highest BCUT2D eigenvalue weighted by molar-refractivity contribution is 5.17. The predicted octanol–water partition coefficient (Wildman–Crippen LogP) is 3.25. The molecule has 3 aromatic rings. The highest BCUT2D eigenvalue weighted by atomic mass is 16.4. The first-order valence-electron chi connectivity index (χ1n) is 9.21. The van der Waals surface area contributed by atoms with Crippen LogP contribution in [0.15, 0.2) is 16.8 Å². The maximum Gasteiger partial charge on any atom is 0.195 e. The molecule has 0 saturated heterocycles. The summed E-state index contributed by atoms with van der Waals surface area (Å²) in [4.78, 5) is 12.5. The Kier molecular flexibility index (Phi) is 4.69. The second-order valence-electron chi connectivity index (χ2n) is 9.48. The predicted molar refractivity (Wildman–Crippen MR) is 101 cm³/mol. The molecule has 146 valence electrons. The molecule has 0 aromatic carbocycles. The van der Waals surface area contributed by atoms with Crippen molar-refractivity contribution in [1.29, 1.82) is 0 Å². The number of rotatable bonds is 6. The third-order valence-corrected chi connectivity index (χ3v) is 4.85. The minimum atomic E-state index is -0.293. The molecule has 0 unspecified atom stereocenters. The van der Waals surface area contributed by atoms with Crippen LogP contribution in [0.4, 0.5) is 0 Å². The number of oxazole rings is 1. The minimum absolute atomic E-state index is 0.0515. The number of aromatic amines is 2. The topological polar surface area (TPSA) is 109 Å². The van der Waals surface area contributed by atoms with Gasteiger partial charge >= 0.3 is 0 Å². The van der Waals surface area contributed by atoms with Crippen LogP contribution in [0, 0.1) is 0 Å². The maximum absolute atomic E-state index is 6.09. The van der Waals surface area contributed by atoms with Crippen LogP contribution in [-0.4, -0.2) is 35.6 Å². The number of imidazole rings is 1. The molecule has 0 fully saturated rings. The molecule has 0 saturated carbocycles. The van der Waals surface area contributed by atoms with Crippen molar-refractivity contribution in [2.75, 3.05) is 0 Å². The van der Waals surface area contributed by atoms with Crippen LogP contribution in [-0.2, 0) is 29.1 Å². The first-order valence-corrected chi connectivity index (χ1v) is 9.21. The van der Waals surface area contributed by atoms with Crippen LogP contribution >= 0.6 is 0 Å². The van der Waals surface area contributed by atoms with Crippen molar-refractivity contribution in [1.82, 2.24) is 35.6 Å². The van der Waals surface area contributed by atoms with E-state index in [2.05, 4.69) is 84.0 Å². The summed E-state index contributed by atoms with van der Waals surface area (Å²) in [5.74, 6) is 3.19. The van der Waals surface area contributed by atoms with Gasteiger partial charge in [-0.1, -0.05) is 48.5 Å². The summed E-state index contributed by atoms with van der Waals surface area (Å²) in [6.07, 6.45) is 5.09. The van der Waals surface area contributed by atoms with Crippen molar-refractivity contribution in [2.24, 2.45) is 0 Å². The highest BCUT2D eigenvalue weighted by Gasteiger charge is 2.31. The summed E-state index contributed by atoms with van der Waals surface area (Å²) in [5.41, 5.74) is 0.666. The molecule has 0 aliphatic carbocycles. The van der Waals surface area contributed by atoms with Crippen molar-refractivity contribution in [3.8, 4) is 0 Å². The molecule has 3 aromatic heterocycles. The lowest BCUT2D eigenvalue weighted by Crippen LogP contribution is -2.23. The van der Waals surface area contributed by atoms with Gasteiger partial charge < -0.3 is 9.40 Å². The highest BCUT2D eigenvalue weighted by Crippen LogP contribution is 2.31. The zero-order valence-corrected chi connectivity index (χ0v) is 17.2. The summed E-state index contributed by atoms with van der Waals surface area (Å²) >= 11 is 0. The van der Waals surface area contributed by atoms with E-state index in [4.69, 9.17) is 4.42 Å². The van der Waals surface area contributed by atoms with Gasteiger partial charge in [0.05, 0.1) is 6.20 Å². The van der Waals surface area contributed by atoms with Crippen LogP contribution < -0.4 is 0 Å². The van der Waals surface area contributed by atoms with Crippen LogP contribution in [0.25, 0.3) is 0 Å². The van der Waals surface area contributed by atoms with Crippen molar-refractivity contribution in [2.45, 2.75) is 77.6 Å². The number of hydrogen-bond donors (Lipinski definition) is 2. The number of aromatic nitrogens is 7. The summed E-state index contributed by atoms with van der Waals surface area (Å²) in [7, 11) is 0. The Morgan fingerprint density at radius 3 is 2.26 bits per heavy atom. The molecule has 0 aliphatic heterocycles. The fraction of sp³-hybridized carbons (Fsp3) is 0.632. The molecule has 8 nitrogen and oxygen atoms in total. The molecule has 3 heterocycles. The molecule has 0 amide bonds. The van der Waals surface area contributed by atoms with E-state index in [9.17, 15) is 0 Å². The number of nitrogens with zero attached hydrogens (tertiary/aromatic N) is 5. The Morgan fingerprint density at radius 2 is 1.67 bits per heavy atom. The first-order chi connectivity index (χ1) is 12.5. The van der Waals surface area contributed by atoms with Gasteiger partial charge in [-0.2, -0.15) is 0 Å². The van der Waals surface area contributed by atoms with Crippen LogP contribution in [0.5, 0.6) is 0 Å². The zero-order chi connectivity index (χ0) is 19.9. The smallest absolute Gasteiger partial charge is 0.195 e. The molecule has 0 bridgehead atoms. The van der Waals surface area contributed by atoms with E-state index >= 15 is 0 Å². The number of hydrogen-bond acceptors (Lipinski definition) is 6. The molecule has 0 spiro atoms. The zero-order valence-electron chi connectivity index (χ0n) is 17.2. The molecule has 8 heteroatoms. The monoisotopic (exact) mass is 371 g/mol. The molecular weight excluding hydrogens is 342 g/mol. The average molecular weight is 371 g/mol. The van der Waals surface area contributed by atoms with Crippen LogP contribution in [0.2, 0.25) is 0 Å². The minimum Gasteiger partial charge on any atom is -0.445 e. The third kappa shape index (κ3) is 4.26. The third-order valence-electron chi connectivity index (χ3n) is 4.85. The van der Waals surface area contributed by atoms with Gasteiger partial charge in [-0.3, -0.25) is 0 Å². The van der Waals surface area contributed by atoms with Gasteiger partial charge in [0.1, 0.15) is 11.6 Å². The number of H-pyrrole nitrogens is 2. The van der Waals surface area contributed by atoms with Crippen LogP contribution in [0.3, 0.4) is 0 Å². The normalized spacial score (nSPS) is 13.3. The van der Waals surface area contributed by atoms with Gasteiger partial charge in [-0.15, -0.1) is 5.10 Å². The lowest BCUT2D eigenvalue weighted by molar-refractivity contribution is 0.336. The summed E-state index contributed by atoms with van der Waals surface area (Å²) < 4.78 is 6.09. The number of tetrazole rings is 1. The fourth-order valence-electron chi connectivity index (χ4n) is 2.95. The number of nitrogens with one attached hydrogen (secondary N) is 2. The lowest BCUT2D eigenvalue weighted by Gasteiger charge is -2.21. The largest absolute Gasteiger partial charge is 0.445 e. The molecule has 0 aliphatic rings. The van der Waals surface area contributed by atoms with E-state index in [1.54, 1.807) is 0 Å². The maximum atomic E-state index is 6.09. The van der Waals surface area contributed by atoms with E-state index in [0.717, 1.165) is 23.7 Å². The lowest BCUT2D eigenvalue weighted by atomic mass is 9.86. The van der Waals surface area contributed by atoms with Gasteiger partial charge in [-0.05, 0) is 10.4 Å². The Hall–Kier alpha value is -2.51. The SMILES string of the molecule is CC(C)(C)c1cnc(CC(C)(C)c2cnc(CC(C)(C)c3nnn[nH]3)o2)[nH]1. The first kappa shape index (κ1) is 19.3. The van der Waals surface area contributed by atoms with Crippen molar-refractivity contribution < 1.29 is 4.42 Å². The fourth-order valence-corrected chi connectivity index (χ4v) is 2.95. The summed E-state index contributed by atoms with van der Waals surface area (Å²) in [6.45, 7) is 14.9. The van der Waals surface area contributed by atoms with Gasteiger partial charge in [0.25, 0.3) is 0 Å². The quantitative estimate of drug-likeness (QED) is 0.688. The van der Waals surface area contributed by atoms with E-state index in [1.807, 2.05) is 12.4 Å². The van der Waals surface area contributed by atoms with Crippen molar-refractivity contribution in [3.63, 3.8) is 0 Å². The molecule has 2 N–H and O–H groups in total. The Balaban J connectivity index is 1.73. The van der Waals surface area contributed by atoms with Gasteiger partial charge in [0, 0.05) is 41.0 Å². The van der Waals surface area contributed by atoms with Gasteiger partial charge in [-0.25, -0.2) is 15.1 Å². The van der Waals surface area contributed by atoms with Gasteiger partial charge in [0.15, 0.2) is 11.7 Å². The molecular formula is C19H29N7O. The Morgan fingerprint density at radius 1 is 0.926 bits per heavy atom. The molecule has 0 atom stereocenters. The summed E-state index contributed by atoms with van der Waals surface area (Å²) in [5, 5.41) is 14.2. The van der Waals surface area contributed by atoms with Gasteiger partial charge in [0.2, 0.25) is 0 Å². The van der Waals surface area contributed by atoms with Crippen molar-refractivity contribution >= 4 is 0 Å². The van der Waals surface area contributed by atoms with Crippen LogP contribution in [0.1, 0.15) is 77.5 Å². The molecule has 27 heavy (non-hydrogen) atoms. The van der Waals surface area contributed by atoms with E-state index < -0.39 is 0 Å². The second kappa shape index (κ2) is 6.58. The van der Waals surface area contributed by atoms with E-state index in [-0.39, 0.29) is 16.2 Å². The molecule has 3 rings (SSSR count). The second-order valence-corrected chi connectivity index (χ2v) is 9.48. The summed E-state index contributed by atoms with van der Waals surface area (Å²) in [6, 6.07) is 0. The average Bonchev–Trinajstić information content (AvgIpc) is 3.27. The Bertz CT molecular complexity index is 881.